The summed E-state index contributed by atoms with van der Waals surface area (Å²) in [7, 11) is 3.16. The molecule has 1 saturated heterocycles. The van der Waals surface area contributed by atoms with E-state index in [1.54, 1.807) is 32.4 Å². The number of carbonyl (C=O) groups is 1. The van der Waals surface area contributed by atoms with Crippen LogP contribution in [0, 0.1) is 0 Å². The maximum absolute atomic E-state index is 12.2. The molecule has 0 spiro atoms. The van der Waals surface area contributed by atoms with Crippen LogP contribution in [-0.2, 0) is 0 Å². The zero-order chi connectivity index (χ0) is 17.9. The molecule has 0 aliphatic carbocycles. The summed E-state index contributed by atoms with van der Waals surface area (Å²) in [4.78, 5) is 14.8. The molecule has 0 bridgehead atoms. The van der Waals surface area contributed by atoms with Crippen molar-refractivity contribution in [2.75, 3.05) is 40.4 Å². The Morgan fingerprint density at radius 1 is 1.00 bits per heavy atom. The van der Waals surface area contributed by atoms with Crippen molar-refractivity contribution in [2.24, 2.45) is 0 Å². The lowest BCUT2D eigenvalue weighted by molar-refractivity contribution is 0.0952. The van der Waals surface area contributed by atoms with E-state index in [1.807, 2.05) is 0 Å². The second-order valence-corrected chi connectivity index (χ2v) is 6.64. The topological polar surface area (TPSA) is 50.8 Å². The number of hydrogen-bond acceptors (Lipinski definition) is 4. The fourth-order valence-corrected chi connectivity index (χ4v) is 3.28. The monoisotopic (exact) mass is 348 g/mol. The summed E-state index contributed by atoms with van der Waals surface area (Å²) in [6, 6.07) is 5.23. The van der Waals surface area contributed by atoms with Gasteiger partial charge in [0.25, 0.3) is 5.91 Å². The second-order valence-electron chi connectivity index (χ2n) is 6.64. The lowest BCUT2D eigenvalue weighted by Gasteiger charge is -2.19. The number of nitrogens with zero attached hydrogens (tertiary/aromatic N) is 1. The molecule has 0 radical (unpaired) electrons. The number of nitrogens with one attached hydrogen (secondary N) is 1. The normalized spacial score (nSPS) is 15.4. The molecule has 1 aromatic rings. The van der Waals surface area contributed by atoms with E-state index in [1.165, 1.54) is 51.7 Å². The molecular formula is C20H32N2O3. The van der Waals surface area contributed by atoms with Crippen molar-refractivity contribution in [3.63, 3.8) is 0 Å². The lowest BCUT2D eigenvalue weighted by atomic mass is 10.1. The summed E-state index contributed by atoms with van der Waals surface area (Å²) in [6.07, 6.45) is 8.86. The average Bonchev–Trinajstić information content (AvgIpc) is 2.92. The first-order valence-corrected chi connectivity index (χ1v) is 9.47. The molecule has 0 aromatic heterocycles. The Balaban J connectivity index is 1.63. The van der Waals surface area contributed by atoms with Crippen molar-refractivity contribution in [1.29, 1.82) is 0 Å². The minimum absolute atomic E-state index is 0.0616. The third kappa shape index (κ3) is 6.58. The van der Waals surface area contributed by atoms with E-state index in [2.05, 4.69) is 10.2 Å². The van der Waals surface area contributed by atoms with Gasteiger partial charge in [0.05, 0.1) is 14.2 Å². The van der Waals surface area contributed by atoms with Crippen LogP contribution in [0.15, 0.2) is 18.2 Å². The maximum Gasteiger partial charge on any atom is 0.251 e. The molecule has 5 nitrogen and oxygen atoms in total. The highest BCUT2D eigenvalue weighted by Crippen LogP contribution is 2.27. The van der Waals surface area contributed by atoms with E-state index in [0.29, 0.717) is 23.6 Å². The molecule has 1 fully saturated rings. The molecule has 5 heteroatoms. The molecule has 1 N–H and O–H groups in total. The van der Waals surface area contributed by atoms with Gasteiger partial charge in [0.15, 0.2) is 11.5 Å². The number of methoxy groups -OCH3 is 2. The Morgan fingerprint density at radius 3 is 2.40 bits per heavy atom. The van der Waals surface area contributed by atoms with E-state index in [0.717, 1.165) is 12.8 Å². The molecular weight excluding hydrogens is 316 g/mol. The number of ether oxygens (including phenoxy) is 2. The number of amides is 1. The van der Waals surface area contributed by atoms with E-state index >= 15 is 0 Å². The fourth-order valence-electron chi connectivity index (χ4n) is 3.28. The number of unbranched alkanes of at least 4 members (excludes halogenated alkanes) is 2. The molecule has 2 rings (SSSR count). The fraction of sp³-hybridized carbons (Fsp3) is 0.650. The summed E-state index contributed by atoms with van der Waals surface area (Å²) in [6.45, 7) is 4.43. The Labute approximate surface area is 151 Å². The van der Waals surface area contributed by atoms with Crippen molar-refractivity contribution >= 4 is 5.91 Å². The van der Waals surface area contributed by atoms with Crippen LogP contribution in [0.2, 0.25) is 0 Å². The van der Waals surface area contributed by atoms with Gasteiger partial charge < -0.3 is 19.7 Å². The summed E-state index contributed by atoms with van der Waals surface area (Å²) in [5.74, 6) is 1.15. The van der Waals surface area contributed by atoms with Crippen LogP contribution < -0.4 is 14.8 Å². The van der Waals surface area contributed by atoms with Gasteiger partial charge in [0.2, 0.25) is 0 Å². The molecule has 1 aliphatic rings. The molecule has 1 amide bonds. The first kappa shape index (κ1) is 19.6. The van der Waals surface area contributed by atoms with Crippen molar-refractivity contribution in [3.8, 4) is 11.5 Å². The van der Waals surface area contributed by atoms with Crippen molar-refractivity contribution in [3.05, 3.63) is 23.8 Å². The highest BCUT2D eigenvalue weighted by molar-refractivity contribution is 5.94. The van der Waals surface area contributed by atoms with Crippen LogP contribution >= 0.6 is 0 Å². The molecule has 0 atom stereocenters. The Kier molecular flexibility index (Phi) is 8.60. The SMILES string of the molecule is COc1ccc(C(=O)NCCCCCN2CCCCCC2)cc1OC. The van der Waals surface area contributed by atoms with Crippen LogP contribution in [-0.4, -0.2) is 51.2 Å². The number of benzene rings is 1. The van der Waals surface area contributed by atoms with Crippen LogP contribution in [0.5, 0.6) is 11.5 Å². The Morgan fingerprint density at radius 2 is 1.72 bits per heavy atom. The quantitative estimate of drug-likeness (QED) is 0.694. The average molecular weight is 348 g/mol. The molecule has 1 aliphatic heterocycles. The molecule has 25 heavy (non-hydrogen) atoms. The van der Waals surface area contributed by atoms with Crippen molar-refractivity contribution < 1.29 is 14.3 Å². The van der Waals surface area contributed by atoms with E-state index in [-0.39, 0.29) is 5.91 Å². The minimum atomic E-state index is -0.0616. The summed E-state index contributed by atoms with van der Waals surface area (Å²) in [5, 5.41) is 2.99. The van der Waals surface area contributed by atoms with E-state index < -0.39 is 0 Å². The van der Waals surface area contributed by atoms with Crippen LogP contribution in [0.25, 0.3) is 0 Å². The van der Waals surface area contributed by atoms with Gasteiger partial charge in [-0.1, -0.05) is 19.3 Å². The molecule has 1 aromatic carbocycles. The number of carbonyl (C=O) groups excluding carboxylic acids is 1. The van der Waals surface area contributed by atoms with Gasteiger partial charge >= 0.3 is 0 Å². The lowest BCUT2D eigenvalue weighted by Crippen LogP contribution is -2.26. The standard InChI is InChI=1S/C20H32N2O3/c1-24-18-11-10-17(16-19(18)25-2)20(23)21-12-6-5-9-15-22-13-7-3-4-8-14-22/h10-11,16H,3-9,12-15H2,1-2H3,(H,21,23). The number of likely N-dealkylation sites (tertiary alicyclic amines) is 1. The predicted octanol–water partition coefficient (Wildman–Crippen LogP) is 3.48. The maximum atomic E-state index is 12.2. The zero-order valence-corrected chi connectivity index (χ0v) is 15.7. The molecule has 1 heterocycles. The first-order chi connectivity index (χ1) is 12.2. The molecule has 140 valence electrons. The van der Waals surface area contributed by atoms with Gasteiger partial charge in [-0.05, 0) is 63.5 Å². The Hall–Kier alpha value is -1.75. The zero-order valence-electron chi connectivity index (χ0n) is 15.7. The van der Waals surface area contributed by atoms with Crippen LogP contribution in [0.1, 0.15) is 55.3 Å². The largest absolute Gasteiger partial charge is 0.493 e. The predicted molar refractivity (Wildman–Crippen MR) is 101 cm³/mol. The highest BCUT2D eigenvalue weighted by Gasteiger charge is 2.11. The van der Waals surface area contributed by atoms with Gasteiger partial charge in [0.1, 0.15) is 0 Å². The summed E-state index contributed by atoms with van der Waals surface area (Å²) >= 11 is 0. The Bertz CT molecular complexity index is 526. The van der Waals surface area contributed by atoms with Gasteiger partial charge in [-0.2, -0.15) is 0 Å². The van der Waals surface area contributed by atoms with Gasteiger partial charge in [-0.3, -0.25) is 4.79 Å². The van der Waals surface area contributed by atoms with Crippen molar-refractivity contribution in [2.45, 2.75) is 44.9 Å². The third-order valence-corrected chi connectivity index (χ3v) is 4.78. The first-order valence-electron chi connectivity index (χ1n) is 9.47. The third-order valence-electron chi connectivity index (χ3n) is 4.78. The highest BCUT2D eigenvalue weighted by atomic mass is 16.5. The molecule has 0 saturated carbocycles. The molecule has 0 unspecified atom stereocenters. The summed E-state index contributed by atoms with van der Waals surface area (Å²) in [5.41, 5.74) is 0.599. The smallest absolute Gasteiger partial charge is 0.251 e. The van der Waals surface area contributed by atoms with Crippen molar-refractivity contribution in [1.82, 2.24) is 10.2 Å². The van der Waals surface area contributed by atoms with Gasteiger partial charge in [-0.25, -0.2) is 0 Å². The number of rotatable bonds is 9. The van der Waals surface area contributed by atoms with Crippen LogP contribution in [0.3, 0.4) is 0 Å². The second kappa shape index (κ2) is 11.0. The number of hydrogen-bond donors (Lipinski definition) is 1. The van der Waals surface area contributed by atoms with Gasteiger partial charge in [-0.15, -0.1) is 0 Å². The minimum Gasteiger partial charge on any atom is -0.493 e. The van der Waals surface area contributed by atoms with Gasteiger partial charge in [0, 0.05) is 12.1 Å². The summed E-state index contributed by atoms with van der Waals surface area (Å²) < 4.78 is 10.4. The van der Waals surface area contributed by atoms with E-state index in [4.69, 9.17) is 9.47 Å². The van der Waals surface area contributed by atoms with E-state index in [9.17, 15) is 4.79 Å². The van der Waals surface area contributed by atoms with Crippen LogP contribution in [0.4, 0.5) is 0 Å².